The molecule has 4 heterocycles. The highest BCUT2D eigenvalue weighted by Crippen LogP contribution is 2.33. The largest absolute Gasteiger partial charge is 0.422 e. The number of pyridine rings is 1. The lowest BCUT2D eigenvalue weighted by Gasteiger charge is -2.33. The highest BCUT2D eigenvalue weighted by molar-refractivity contribution is 7.21. The molecule has 0 amide bonds. The summed E-state index contributed by atoms with van der Waals surface area (Å²) in [6.45, 7) is 3.79. The van der Waals surface area contributed by atoms with Gasteiger partial charge in [-0.15, -0.1) is 11.3 Å². The minimum atomic E-state index is -0.404. The number of halogens is 1. The Morgan fingerprint density at radius 2 is 2.00 bits per heavy atom. The van der Waals surface area contributed by atoms with Gasteiger partial charge in [-0.2, -0.15) is 0 Å². The number of fused-ring (bicyclic) bond motifs is 2. The summed E-state index contributed by atoms with van der Waals surface area (Å²) in [5, 5.41) is 1.95. The van der Waals surface area contributed by atoms with E-state index in [2.05, 4.69) is 26.8 Å². The standard InChI is InChI=1S/C20H17ClN4O2S/c1-24-5-7-25(8-6-24)17-10-15-12(11-22-17)9-13(20(26)27-15)19-23-18-14(21)3-2-4-16(18)28-19/h2-4,9-11H,5-8H2,1H3. The number of piperazine rings is 1. The molecule has 0 spiro atoms. The number of nitrogens with zero attached hydrogens (tertiary/aromatic N) is 4. The van der Waals surface area contributed by atoms with Gasteiger partial charge in [0.1, 0.15) is 21.9 Å². The summed E-state index contributed by atoms with van der Waals surface area (Å²) < 4.78 is 6.56. The third kappa shape index (κ3) is 3.05. The first kappa shape index (κ1) is 17.6. The van der Waals surface area contributed by atoms with E-state index in [-0.39, 0.29) is 0 Å². The predicted molar refractivity (Wildman–Crippen MR) is 114 cm³/mol. The van der Waals surface area contributed by atoms with E-state index in [0.29, 0.717) is 26.7 Å². The van der Waals surface area contributed by atoms with Gasteiger partial charge in [0, 0.05) is 43.8 Å². The van der Waals surface area contributed by atoms with Gasteiger partial charge in [-0.05, 0) is 25.2 Å². The van der Waals surface area contributed by atoms with E-state index in [1.807, 2.05) is 18.2 Å². The average Bonchev–Trinajstić information content (AvgIpc) is 3.13. The summed E-state index contributed by atoms with van der Waals surface area (Å²) in [7, 11) is 2.11. The highest BCUT2D eigenvalue weighted by atomic mass is 35.5. The Morgan fingerprint density at radius 1 is 1.18 bits per heavy atom. The first-order valence-electron chi connectivity index (χ1n) is 9.01. The summed E-state index contributed by atoms with van der Waals surface area (Å²) in [5.41, 5.74) is 1.26. The summed E-state index contributed by atoms with van der Waals surface area (Å²) in [6, 6.07) is 9.25. The fourth-order valence-corrected chi connectivity index (χ4v) is 4.66. The molecule has 1 aromatic carbocycles. The van der Waals surface area contributed by atoms with Crippen LogP contribution in [0.2, 0.25) is 5.02 Å². The van der Waals surface area contributed by atoms with Crippen molar-refractivity contribution >= 4 is 49.9 Å². The summed E-state index contributed by atoms with van der Waals surface area (Å²) >= 11 is 7.64. The number of rotatable bonds is 2. The Morgan fingerprint density at radius 3 is 2.79 bits per heavy atom. The lowest BCUT2D eigenvalue weighted by atomic mass is 10.2. The van der Waals surface area contributed by atoms with Crippen molar-refractivity contribution < 1.29 is 4.42 Å². The Bertz CT molecular complexity index is 1240. The predicted octanol–water partition coefficient (Wildman–Crippen LogP) is 3.87. The van der Waals surface area contributed by atoms with E-state index in [1.165, 1.54) is 11.3 Å². The third-order valence-electron chi connectivity index (χ3n) is 5.03. The quantitative estimate of drug-likeness (QED) is 0.498. The fourth-order valence-electron chi connectivity index (χ4n) is 3.39. The molecule has 3 aromatic heterocycles. The maximum absolute atomic E-state index is 12.7. The molecule has 0 saturated carbocycles. The lowest BCUT2D eigenvalue weighted by molar-refractivity contribution is 0.312. The average molecular weight is 413 g/mol. The molecule has 5 rings (SSSR count). The molecule has 1 fully saturated rings. The molecule has 28 heavy (non-hydrogen) atoms. The van der Waals surface area contributed by atoms with Crippen molar-refractivity contribution in [1.29, 1.82) is 0 Å². The maximum Gasteiger partial charge on any atom is 0.346 e. The van der Waals surface area contributed by atoms with E-state index < -0.39 is 5.63 Å². The second kappa shape index (κ2) is 6.84. The van der Waals surface area contributed by atoms with Gasteiger partial charge in [-0.1, -0.05) is 17.7 Å². The molecule has 6 nitrogen and oxygen atoms in total. The van der Waals surface area contributed by atoms with Gasteiger partial charge in [-0.25, -0.2) is 14.8 Å². The van der Waals surface area contributed by atoms with E-state index in [0.717, 1.165) is 42.1 Å². The van der Waals surface area contributed by atoms with Crippen LogP contribution in [0.4, 0.5) is 5.82 Å². The third-order valence-corrected chi connectivity index (χ3v) is 6.39. The van der Waals surface area contributed by atoms with Gasteiger partial charge < -0.3 is 14.2 Å². The SMILES string of the molecule is CN1CCN(c2cc3oc(=O)c(-c4nc5c(Cl)cccc5s4)cc3cn2)CC1. The molecule has 0 aliphatic carbocycles. The Balaban J connectivity index is 1.56. The van der Waals surface area contributed by atoms with Gasteiger partial charge in [0.05, 0.1) is 15.3 Å². The zero-order valence-electron chi connectivity index (χ0n) is 15.2. The van der Waals surface area contributed by atoms with Crippen LogP contribution in [0.25, 0.3) is 31.8 Å². The molecular weight excluding hydrogens is 396 g/mol. The fraction of sp³-hybridized carbons (Fsp3) is 0.250. The van der Waals surface area contributed by atoms with Gasteiger partial charge >= 0.3 is 5.63 Å². The van der Waals surface area contributed by atoms with Gasteiger partial charge in [0.25, 0.3) is 0 Å². The van der Waals surface area contributed by atoms with Crippen LogP contribution in [0.3, 0.4) is 0 Å². The van der Waals surface area contributed by atoms with Crippen molar-refractivity contribution in [3.63, 3.8) is 0 Å². The van der Waals surface area contributed by atoms with Crippen LogP contribution in [0, 0.1) is 0 Å². The van der Waals surface area contributed by atoms with Crippen LogP contribution in [-0.4, -0.2) is 48.1 Å². The van der Waals surface area contributed by atoms with E-state index in [4.69, 9.17) is 16.0 Å². The molecule has 1 aliphatic rings. The molecule has 1 saturated heterocycles. The summed E-state index contributed by atoms with van der Waals surface area (Å²) in [4.78, 5) is 26.3. The van der Waals surface area contributed by atoms with Crippen LogP contribution in [0.15, 0.2) is 45.7 Å². The molecule has 0 N–H and O–H groups in total. The smallest absolute Gasteiger partial charge is 0.346 e. The zero-order chi connectivity index (χ0) is 19.3. The number of benzene rings is 1. The van der Waals surface area contributed by atoms with Crippen molar-refractivity contribution in [2.24, 2.45) is 0 Å². The second-order valence-electron chi connectivity index (χ2n) is 6.92. The van der Waals surface area contributed by atoms with Gasteiger partial charge in [0.15, 0.2) is 0 Å². The Kier molecular flexibility index (Phi) is 4.30. The summed E-state index contributed by atoms with van der Waals surface area (Å²) in [5.74, 6) is 0.836. The van der Waals surface area contributed by atoms with Crippen LogP contribution in [0.1, 0.15) is 0 Å². The molecule has 8 heteroatoms. The molecule has 4 aromatic rings. The van der Waals surface area contributed by atoms with Crippen LogP contribution < -0.4 is 10.5 Å². The van der Waals surface area contributed by atoms with Gasteiger partial charge in [0.2, 0.25) is 0 Å². The Hall–Kier alpha value is -2.48. The number of aromatic nitrogens is 2. The molecule has 0 bridgehead atoms. The molecule has 0 unspecified atom stereocenters. The van der Waals surface area contributed by atoms with Crippen molar-refractivity contribution in [3.8, 4) is 10.6 Å². The van der Waals surface area contributed by atoms with Crippen LogP contribution in [-0.2, 0) is 0 Å². The molecule has 0 radical (unpaired) electrons. The minimum absolute atomic E-state index is 0.404. The molecule has 0 atom stereocenters. The Labute approximate surface area is 170 Å². The van der Waals surface area contributed by atoms with Crippen LogP contribution in [0.5, 0.6) is 0 Å². The monoisotopic (exact) mass is 412 g/mol. The van der Waals surface area contributed by atoms with E-state index in [1.54, 1.807) is 18.3 Å². The van der Waals surface area contributed by atoms with Crippen LogP contribution >= 0.6 is 22.9 Å². The molecule has 1 aliphatic heterocycles. The second-order valence-corrected chi connectivity index (χ2v) is 8.36. The highest BCUT2D eigenvalue weighted by Gasteiger charge is 2.18. The molecule has 142 valence electrons. The summed E-state index contributed by atoms with van der Waals surface area (Å²) in [6.07, 6.45) is 1.76. The first-order chi connectivity index (χ1) is 13.6. The number of thiazole rings is 1. The van der Waals surface area contributed by atoms with Crippen molar-refractivity contribution in [3.05, 3.63) is 52.0 Å². The topological polar surface area (TPSA) is 62.5 Å². The van der Waals surface area contributed by atoms with E-state index >= 15 is 0 Å². The number of likely N-dealkylation sites (N-methyl/N-ethyl adjacent to an activating group) is 1. The molecular formula is C20H17ClN4O2S. The van der Waals surface area contributed by atoms with Crippen molar-refractivity contribution in [2.45, 2.75) is 0 Å². The van der Waals surface area contributed by atoms with Gasteiger partial charge in [-0.3, -0.25) is 0 Å². The maximum atomic E-state index is 12.7. The number of para-hydroxylation sites is 1. The first-order valence-corrected chi connectivity index (χ1v) is 10.2. The lowest BCUT2D eigenvalue weighted by Crippen LogP contribution is -2.44. The van der Waals surface area contributed by atoms with Crippen molar-refractivity contribution in [1.82, 2.24) is 14.9 Å². The van der Waals surface area contributed by atoms with Crippen molar-refractivity contribution in [2.75, 3.05) is 38.1 Å². The number of hydrogen-bond donors (Lipinski definition) is 0. The number of hydrogen-bond acceptors (Lipinski definition) is 7. The zero-order valence-corrected chi connectivity index (χ0v) is 16.8. The number of anilines is 1. The minimum Gasteiger partial charge on any atom is -0.422 e. The normalized spacial score (nSPS) is 15.6. The van der Waals surface area contributed by atoms with E-state index in [9.17, 15) is 4.79 Å².